The molecule has 1 aliphatic rings. The third-order valence-corrected chi connectivity index (χ3v) is 5.10. The molecule has 0 saturated carbocycles. The molecule has 2 nitrogen and oxygen atoms in total. The summed E-state index contributed by atoms with van der Waals surface area (Å²) in [5.74, 6) is -4.01. The monoisotopic (exact) mass is 435 g/mol. The lowest BCUT2D eigenvalue weighted by atomic mass is 9.81. The van der Waals surface area contributed by atoms with Crippen LogP contribution >= 0.6 is 11.6 Å². The minimum atomic E-state index is -4.53. The molecule has 156 valence electrons. The van der Waals surface area contributed by atoms with Gasteiger partial charge in [-0.25, -0.2) is 13.2 Å². The number of hydrogen-bond acceptors (Lipinski definition) is 2. The zero-order valence-corrected chi connectivity index (χ0v) is 15.6. The van der Waals surface area contributed by atoms with E-state index < -0.39 is 41.2 Å². The fraction of sp³-hybridized carbons (Fsp3) is 0.300. The number of benzene rings is 2. The minimum Gasteiger partial charge on any atom is -0.488 e. The molecule has 2 atom stereocenters. The van der Waals surface area contributed by atoms with E-state index in [0.717, 1.165) is 24.3 Å². The molecule has 0 heterocycles. The van der Waals surface area contributed by atoms with E-state index in [0.29, 0.717) is 11.6 Å². The van der Waals surface area contributed by atoms with Crippen molar-refractivity contribution in [2.45, 2.75) is 31.0 Å². The maximum Gasteiger partial charge on any atom is 0.416 e. The molecule has 29 heavy (non-hydrogen) atoms. The van der Waals surface area contributed by atoms with Crippen LogP contribution in [0.3, 0.4) is 0 Å². The van der Waals surface area contributed by atoms with E-state index in [9.17, 15) is 26.3 Å². The van der Waals surface area contributed by atoms with Crippen LogP contribution in [0, 0.1) is 17.5 Å². The summed E-state index contributed by atoms with van der Waals surface area (Å²) in [6.45, 7) is -0.0539. The Hall–Kier alpha value is -2.19. The summed E-state index contributed by atoms with van der Waals surface area (Å²) in [6, 6.07) is 3.44. The molecule has 2 aromatic rings. The van der Waals surface area contributed by atoms with E-state index in [-0.39, 0.29) is 35.8 Å². The van der Waals surface area contributed by atoms with Crippen LogP contribution in [0.4, 0.5) is 26.3 Å². The van der Waals surface area contributed by atoms with Gasteiger partial charge in [-0.05, 0) is 48.2 Å². The van der Waals surface area contributed by atoms with Gasteiger partial charge in [-0.3, -0.25) is 0 Å². The van der Waals surface area contributed by atoms with Crippen molar-refractivity contribution in [2.24, 2.45) is 5.73 Å². The quantitative estimate of drug-likeness (QED) is 0.364. The number of halogens is 7. The smallest absolute Gasteiger partial charge is 0.416 e. The van der Waals surface area contributed by atoms with Crippen molar-refractivity contribution in [3.8, 4) is 5.75 Å². The number of hydrogen-bond donors (Lipinski definition) is 1. The molecular formula is C20H16ClF6NO. The largest absolute Gasteiger partial charge is 0.488 e. The Bertz CT molecular complexity index is 943. The van der Waals surface area contributed by atoms with Crippen molar-refractivity contribution in [1.82, 2.24) is 0 Å². The van der Waals surface area contributed by atoms with Gasteiger partial charge < -0.3 is 10.5 Å². The van der Waals surface area contributed by atoms with Crippen LogP contribution in [-0.4, -0.2) is 12.6 Å². The molecule has 0 saturated heterocycles. The van der Waals surface area contributed by atoms with E-state index in [1.54, 1.807) is 6.08 Å². The van der Waals surface area contributed by atoms with Gasteiger partial charge in [0.1, 0.15) is 18.2 Å². The number of rotatable bonds is 4. The highest BCUT2D eigenvalue weighted by molar-refractivity contribution is 6.32. The third-order valence-electron chi connectivity index (χ3n) is 4.79. The average Bonchev–Trinajstić information content (AvgIpc) is 2.63. The second-order valence-electron chi connectivity index (χ2n) is 6.79. The summed E-state index contributed by atoms with van der Waals surface area (Å²) in [4.78, 5) is 0. The molecule has 2 aromatic carbocycles. The Morgan fingerprint density at radius 3 is 2.38 bits per heavy atom. The first-order valence-electron chi connectivity index (χ1n) is 8.63. The van der Waals surface area contributed by atoms with Crippen molar-refractivity contribution < 1.29 is 31.1 Å². The molecule has 0 amide bonds. The molecule has 9 heteroatoms. The summed E-state index contributed by atoms with van der Waals surface area (Å²) >= 11 is 5.90. The van der Waals surface area contributed by atoms with Crippen molar-refractivity contribution in [3.05, 3.63) is 75.6 Å². The van der Waals surface area contributed by atoms with Gasteiger partial charge in [0.25, 0.3) is 0 Å². The first kappa shape index (κ1) is 21.5. The van der Waals surface area contributed by atoms with Gasteiger partial charge in [0.05, 0.1) is 10.6 Å². The van der Waals surface area contributed by atoms with Crippen LogP contribution in [0.2, 0.25) is 5.02 Å². The third kappa shape index (κ3) is 4.87. The molecule has 2 N–H and O–H groups in total. The molecule has 0 aromatic heterocycles. The number of nitrogens with two attached hydrogens (primary N) is 1. The highest BCUT2D eigenvalue weighted by Crippen LogP contribution is 2.37. The van der Waals surface area contributed by atoms with Gasteiger partial charge in [-0.15, -0.1) is 0 Å². The normalized spacial score (nSPS) is 19.8. The van der Waals surface area contributed by atoms with E-state index in [2.05, 4.69) is 0 Å². The molecule has 1 aliphatic carbocycles. The molecule has 0 radical (unpaired) electrons. The van der Waals surface area contributed by atoms with Crippen molar-refractivity contribution in [1.29, 1.82) is 0 Å². The molecule has 0 aliphatic heterocycles. The van der Waals surface area contributed by atoms with E-state index in [4.69, 9.17) is 22.1 Å². The molecule has 0 spiro atoms. The first-order valence-corrected chi connectivity index (χ1v) is 9.01. The van der Waals surface area contributed by atoms with Crippen molar-refractivity contribution in [2.75, 3.05) is 6.61 Å². The van der Waals surface area contributed by atoms with Gasteiger partial charge in [0.2, 0.25) is 0 Å². The van der Waals surface area contributed by atoms with Crippen LogP contribution < -0.4 is 10.5 Å². The molecule has 0 unspecified atom stereocenters. The second kappa shape index (κ2) is 8.28. The lowest BCUT2D eigenvalue weighted by molar-refractivity contribution is -0.137. The Morgan fingerprint density at radius 1 is 1.03 bits per heavy atom. The predicted molar refractivity (Wildman–Crippen MR) is 96.3 cm³/mol. The van der Waals surface area contributed by atoms with Gasteiger partial charge in [-0.1, -0.05) is 17.7 Å². The molecule has 0 bridgehead atoms. The Labute approximate surface area is 167 Å². The number of ether oxygens (including phenoxy) is 1. The minimum absolute atomic E-state index is 0.0199. The average molecular weight is 436 g/mol. The SMILES string of the molecule is N[C@H]1CC(COc2cc(C(F)(F)F)ccc2Cl)=CC[C@@H]1c1cc(F)c(F)cc1F. The van der Waals surface area contributed by atoms with Crippen LogP contribution in [0.15, 0.2) is 42.0 Å². The standard InChI is InChI=1S/C20H16ClF6NO/c21-14-4-2-11(20(25,26)27)6-19(14)29-9-10-1-3-12(18(28)5-10)13-7-16(23)17(24)8-15(13)22/h1-2,4,6-8,12,18H,3,5,9,28H2/t12-,18+/m1/s1. The molecule has 0 fully saturated rings. The molecule has 3 rings (SSSR count). The lowest BCUT2D eigenvalue weighted by Crippen LogP contribution is -2.33. The fourth-order valence-electron chi connectivity index (χ4n) is 3.26. The summed E-state index contributed by atoms with van der Waals surface area (Å²) in [5, 5.41) is 0.0282. The summed E-state index contributed by atoms with van der Waals surface area (Å²) in [6.07, 6.45) is -2.33. The van der Waals surface area contributed by atoms with Crippen LogP contribution in [0.5, 0.6) is 5.75 Å². The Morgan fingerprint density at radius 2 is 1.72 bits per heavy atom. The van der Waals surface area contributed by atoms with Gasteiger partial charge in [0.15, 0.2) is 11.6 Å². The summed E-state index contributed by atoms with van der Waals surface area (Å²) in [5.41, 5.74) is 5.86. The van der Waals surface area contributed by atoms with Gasteiger partial charge in [-0.2, -0.15) is 13.2 Å². The summed E-state index contributed by atoms with van der Waals surface area (Å²) in [7, 11) is 0. The zero-order chi connectivity index (χ0) is 21.3. The van der Waals surface area contributed by atoms with Crippen molar-refractivity contribution in [3.63, 3.8) is 0 Å². The second-order valence-corrected chi connectivity index (χ2v) is 7.20. The van der Waals surface area contributed by atoms with E-state index in [1.165, 1.54) is 0 Å². The van der Waals surface area contributed by atoms with Crippen LogP contribution in [0.25, 0.3) is 0 Å². The number of alkyl halides is 3. The Balaban J connectivity index is 1.72. The Kier molecular flexibility index (Phi) is 6.14. The fourth-order valence-corrected chi connectivity index (χ4v) is 3.43. The number of allylic oxidation sites excluding steroid dienone is 1. The van der Waals surface area contributed by atoms with E-state index >= 15 is 0 Å². The maximum atomic E-state index is 14.0. The van der Waals surface area contributed by atoms with Crippen LogP contribution in [0.1, 0.15) is 29.9 Å². The van der Waals surface area contributed by atoms with Gasteiger partial charge >= 0.3 is 6.18 Å². The summed E-state index contributed by atoms with van der Waals surface area (Å²) < 4.78 is 84.5. The van der Waals surface area contributed by atoms with E-state index in [1.807, 2.05) is 0 Å². The topological polar surface area (TPSA) is 35.2 Å². The molecular weight excluding hydrogens is 420 g/mol. The highest BCUT2D eigenvalue weighted by Gasteiger charge is 2.31. The zero-order valence-electron chi connectivity index (χ0n) is 14.9. The highest BCUT2D eigenvalue weighted by atomic mass is 35.5. The van der Waals surface area contributed by atoms with Gasteiger partial charge in [0, 0.05) is 18.0 Å². The maximum absolute atomic E-state index is 14.0. The van der Waals surface area contributed by atoms with Crippen molar-refractivity contribution >= 4 is 11.6 Å². The predicted octanol–water partition coefficient (Wildman–Crippen LogP) is 5.99. The van der Waals surface area contributed by atoms with Crippen LogP contribution in [-0.2, 0) is 6.18 Å². The first-order chi connectivity index (χ1) is 13.6. The lowest BCUT2D eigenvalue weighted by Gasteiger charge is -2.29.